The maximum Gasteiger partial charge on any atom is 0.573 e. The molecule has 1 aromatic carbocycles. The highest BCUT2D eigenvalue weighted by molar-refractivity contribution is 5.71. The number of benzene rings is 1. The number of halogens is 4. The standard InChI is InChI=1S/C22H21F4NO2/c1-13(2)18-11-21(28)27(12-19(18)15-4-9-20(23)14(3)10-15)16-5-7-17(8-6-16)29-22(24,25)26/h4-9,11-14H,10H2,1-3H3. The molecule has 1 aromatic heterocycles. The SMILES string of the molecule is CC1CC(c2cn(-c3ccc(OC(F)(F)F)cc3)c(=O)cc2C(C)C)=CC=C1F. The molecule has 2 aromatic rings. The molecule has 1 aliphatic rings. The van der Waals surface area contributed by atoms with Crippen LogP contribution in [0.4, 0.5) is 17.6 Å². The number of alkyl halides is 3. The summed E-state index contributed by atoms with van der Waals surface area (Å²) in [4.78, 5) is 12.7. The van der Waals surface area contributed by atoms with Crippen molar-refractivity contribution in [1.82, 2.24) is 4.57 Å². The van der Waals surface area contributed by atoms with Gasteiger partial charge < -0.3 is 4.74 Å². The molecule has 0 amide bonds. The largest absolute Gasteiger partial charge is 0.573 e. The van der Waals surface area contributed by atoms with Crippen LogP contribution in [0.3, 0.4) is 0 Å². The molecule has 0 radical (unpaired) electrons. The fraction of sp³-hybridized carbons (Fsp3) is 0.318. The maximum absolute atomic E-state index is 13.8. The van der Waals surface area contributed by atoms with Crippen molar-refractivity contribution in [2.45, 2.75) is 39.5 Å². The molecule has 3 rings (SSSR count). The first-order valence-corrected chi connectivity index (χ1v) is 9.24. The van der Waals surface area contributed by atoms with Gasteiger partial charge in [0.05, 0.1) is 0 Å². The van der Waals surface area contributed by atoms with Crippen LogP contribution in [0.5, 0.6) is 5.75 Å². The fourth-order valence-electron chi connectivity index (χ4n) is 3.34. The summed E-state index contributed by atoms with van der Waals surface area (Å²) in [5, 5.41) is 0. The second-order valence-corrected chi connectivity index (χ2v) is 7.40. The van der Waals surface area contributed by atoms with Gasteiger partial charge in [0.2, 0.25) is 0 Å². The lowest BCUT2D eigenvalue weighted by molar-refractivity contribution is -0.274. The summed E-state index contributed by atoms with van der Waals surface area (Å²) >= 11 is 0. The molecular weight excluding hydrogens is 386 g/mol. The third-order valence-electron chi connectivity index (χ3n) is 4.84. The van der Waals surface area contributed by atoms with Crippen molar-refractivity contribution >= 4 is 5.57 Å². The van der Waals surface area contributed by atoms with Crippen molar-refractivity contribution in [2.75, 3.05) is 0 Å². The fourth-order valence-corrected chi connectivity index (χ4v) is 3.34. The van der Waals surface area contributed by atoms with Crippen LogP contribution in [0.25, 0.3) is 11.3 Å². The minimum Gasteiger partial charge on any atom is -0.406 e. The highest BCUT2D eigenvalue weighted by Gasteiger charge is 2.31. The van der Waals surface area contributed by atoms with Crippen molar-refractivity contribution < 1.29 is 22.3 Å². The Hall–Kier alpha value is -2.83. The van der Waals surface area contributed by atoms with E-state index in [1.807, 2.05) is 13.8 Å². The first kappa shape index (κ1) is 20.9. The first-order chi connectivity index (χ1) is 13.5. The third-order valence-corrected chi connectivity index (χ3v) is 4.84. The Bertz CT molecular complexity index is 1010. The smallest absolute Gasteiger partial charge is 0.406 e. The first-order valence-electron chi connectivity index (χ1n) is 9.24. The van der Waals surface area contributed by atoms with Crippen molar-refractivity contribution in [2.24, 2.45) is 5.92 Å². The number of allylic oxidation sites excluding steroid dienone is 4. The highest BCUT2D eigenvalue weighted by atomic mass is 19.4. The van der Waals surface area contributed by atoms with E-state index in [2.05, 4.69) is 4.74 Å². The van der Waals surface area contributed by atoms with Crippen LogP contribution < -0.4 is 10.3 Å². The van der Waals surface area contributed by atoms with Gasteiger partial charge in [0, 0.05) is 23.9 Å². The van der Waals surface area contributed by atoms with E-state index in [0.717, 1.165) is 28.8 Å². The molecule has 0 spiro atoms. The van der Waals surface area contributed by atoms with Gasteiger partial charge in [-0.05, 0) is 59.4 Å². The molecule has 1 aliphatic carbocycles. The molecule has 1 unspecified atom stereocenters. The molecule has 0 fully saturated rings. The van der Waals surface area contributed by atoms with E-state index in [1.54, 1.807) is 19.2 Å². The minimum atomic E-state index is -4.78. The predicted octanol–water partition coefficient (Wildman–Crippen LogP) is 6.14. The van der Waals surface area contributed by atoms with Gasteiger partial charge in [0.15, 0.2) is 0 Å². The molecule has 0 bridgehead atoms. The third kappa shape index (κ3) is 4.78. The number of ether oxygens (including phenoxy) is 1. The lowest BCUT2D eigenvalue weighted by Gasteiger charge is -2.22. The van der Waals surface area contributed by atoms with Crippen molar-refractivity contribution in [3.63, 3.8) is 0 Å². The van der Waals surface area contributed by atoms with E-state index in [-0.39, 0.29) is 29.0 Å². The zero-order valence-electron chi connectivity index (χ0n) is 16.3. The van der Waals surface area contributed by atoms with Crippen LogP contribution in [0, 0.1) is 5.92 Å². The number of pyridine rings is 1. The number of nitrogens with zero attached hydrogens (tertiary/aromatic N) is 1. The Morgan fingerprint density at radius 3 is 2.34 bits per heavy atom. The van der Waals surface area contributed by atoms with E-state index in [4.69, 9.17) is 0 Å². The summed E-state index contributed by atoms with van der Waals surface area (Å²) in [6.07, 6.45) is 0.543. The summed E-state index contributed by atoms with van der Waals surface area (Å²) in [6.45, 7) is 5.73. The average Bonchev–Trinajstić information content (AvgIpc) is 2.63. The second kappa shape index (κ2) is 7.89. The van der Waals surface area contributed by atoms with Crippen LogP contribution in [0.2, 0.25) is 0 Å². The lowest BCUT2D eigenvalue weighted by Crippen LogP contribution is -2.20. The Labute approximate surface area is 165 Å². The molecular formula is C22H21F4NO2. The second-order valence-electron chi connectivity index (χ2n) is 7.40. The van der Waals surface area contributed by atoms with Crippen molar-refractivity contribution in [3.8, 4) is 11.4 Å². The molecule has 0 N–H and O–H groups in total. The van der Waals surface area contributed by atoms with Gasteiger partial charge in [-0.25, -0.2) is 4.39 Å². The quantitative estimate of drug-likeness (QED) is 0.571. The highest BCUT2D eigenvalue weighted by Crippen LogP contribution is 2.35. The molecule has 0 saturated carbocycles. The lowest BCUT2D eigenvalue weighted by atomic mass is 9.86. The van der Waals surface area contributed by atoms with Crippen LogP contribution >= 0.6 is 0 Å². The summed E-state index contributed by atoms with van der Waals surface area (Å²) in [5.74, 6) is -0.734. The number of hydrogen-bond donors (Lipinski definition) is 0. The molecule has 154 valence electrons. The van der Waals surface area contributed by atoms with Gasteiger partial charge in [-0.3, -0.25) is 9.36 Å². The normalized spacial score (nSPS) is 17.2. The van der Waals surface area contributed by atoms with E-state index >= 15 is 0 Å². The summed E-state index contributed by atoms with van der Waals surface area (Å²) in [5.41, 5.74) is 2.69. The van der Waals surface area contributed by atoms with Crippen molar-refractivity contribution in [3.05, 3.63) is 76.0 Å². The monoisotopic (exact) mass is 407 g/mol. The maximum atomic E-state index is 13.8. The minimum absolute atomic E-state index is 0.0712. The molecule has 3 nitrogen and oxygen atoms in total. The van der Waals surface area contributed by atoms with E-state index < -0.39 is 6.36 Å². The van der Waals surface area contributed by atoms with Crippen LogP contribution in [-0.2, 0) is 0 Å². The van der Waals surface area contributed by atoms with E-state index in [9.17, 15) is 22.4 Å². The van der Waals surface area contributed by atoms with Crippen molar-refractivity contribution in [1.29, 1.82) is 0 Å². The Balaban J connectivity index is 2.06. The molecule has 0 aliphatic heterocycles. The Kier molecular flexibility index (Phi) is 5.68. The molecule has 29 heavy (non-hydrogen) atoms. The van der Waals surface area contributed by atoms with Gasteiger partial charge in [0.25, 0.3) is 5.56 Å². The summed E-state index contributed by atoms with van der Waals surface area (Å²) in [7, 11) is 0. The Morgan fingerprint density at radius 2 is 1.79 bits per heavy atom. The van der Waals surface area contributed by atoms with Crippen LogP contribution in [0.1, 0.15) is 44.2 Å². The average molecular weight is 407 g/mol. The number of rotatable bonds is 4. The van der Waals surface area contributed by atoms with Gasteiger partial charge in [-0.1, -0.05) is 26.8 Å². The Morgan fingerprint density at radius 1 is 1.14 bits per heavy atom. The van der Waals surface area contributed by atoms with E-state index in [0.29, 0.717) is 12.1 Å². The van der Waals surface area contributed by atoms with Gasteiger partial charge in [0.1, 0.15) is 11.6 Å². The summed E-state index contributed by atoms with van der Waals surface area (Å²) < 4.78 is 56.1. The summed E-state index contributed by atoms with van der Waals surface area (Å²) in [6, 6.07) is 6.62. The van der Waals surface area contributed by atoms with E-state index in [1.165, 1.54) is 28.8 Å². The number of aromatic nitrogens is 1. The van der Waals surface area contributed by atoms with Crippen LogP contribution in [0.15, 0.2) is 59.3 Å². The van der Waals surface area contributed by atoms with Crippen LogP contribution in [-0.4, -0.2) is 10.9 Å². The number of hydrogen-bond acceptors (Lipinski definition) is 2. The van der Waals surface area contributed by atoms with Gasteiger partial charge in [-0.2, -0.15) is 0 Å². The van der Waals surface area contributed by atoms with Gasteiger partial charge >= 0.3 is 6.36 Å². The molecule has 1 heterocycles. The predicted molar refractivity (Wildman–Crippen MR) is 104 cm³/mol. The topological polar surface area (TPSA) is 31.2 Å². The zero-order chi connectivity index (χ0) is 21.3. The van der Waals surface area contributed by atoms with Gasteiger partial charge in [-0.15, -0.1) is 13.2 Å². The molecule has 7 heteroatoms. The molecule has 1 atom stereocenters. The zero-order valence-corrected chi connectivity index (χ0v) is 16.3. The molecule has 0 saturated heterocycles.